The Bertz CT molecular complexity index is 497. The molecule has 0 radical (unpaired) electrons. The molecule has 0 saturated carbocycles. The van der Waals surface area contributed by atoms with Gasteiger partial charge in [-0.1, -0.05) is 0 Å². The number of hydrogen-bond donors (Lipinski definition) is 3. The SMILES string of the molecule is Cc1cnc(C(C)Nc2cc(NN)ncn2)s1. The van der Waals surface area contributed by atoms with Crippen LogP contribution in [0.2, 0.25) is 0 Å². The molecule has 4 N–H and O–H groups in total. The average Bonchev–Trinajstić information content (AvgIpc) is 2.76. The van der Waals surface area contributed by atoms with Crippen LogP contribution in [0.5, 0.6) is 0 Å². The van der Waals surface area contributed by atoms with Crippen LogP contribution >= 0.6 is 11.3 Å². The summed E-state index contributed by atoms with van der Waals surface area (Å²) in [5.41, 5.74) is 2.48. The summed E-state index contributed by atoms with van der Waals surface area (Å²) < 4.78 is 0. The first-order valence-corrected chi connectivity index (χ1v) is 5.98. The van der Waals surface area contributed by atoms with Gasteiger partial charge in [0.15, 0.2) is 0 Å². The Morgan fingerprint density at radius 1 is 1.29 bits per heavy atom. The molecule has 2 aromatic heterocycles. The van der Waals surface area contributed by atoms with E-state index < -0.39 is 0 Å². The Labute approximate surface area is 103 Å². The molecule has 0 aromatic carbocycles. The van der Waals surface area contributed by atoms with E-state index in [9.17, 15) is 0 Å². The molecule has 0 fully saturated rings. The molecule has 1 atom stereocenters. The zero-order valence-corrected chi connectivity index (χ0v) is 10.5. The zero-order chi connectivity index (χ0) is 12.3. The van der Waals surface area contributed by atoms with E-state index in [1.54, 1.807) is 17.4 Å². The number of aromatic nitrogens is 3. The lowest BCUT2D eigenvalue weighted by Crippen LogP contribution is -2.11. The number of hydrazine groups is 1. The predicted octanol–water partition coefficient (Wildman–Crippen LogP) is 1.70. The third kappa shape index (κ3) is 2.89. The fourth-order valence-electron chi connectivity index (χ4n) is 1.37. The highest BCUT2D eigenvalue weighted by Crippen LogP contribution is 2.22. The molecule has 90 valence electrons. The van der Waals surface area contributed by atoms with Gasteiger partial charge >= 0.3 is 0 Å². The van der Waals surface area contributed by atoms with Gasteiger partial charge in [0.2, 0.25) is 0 Å². The van der Waals surface area contributed by atoms with Crippen LogP contribution in [0.3, 0.4) is 0 Å². The van der Waals surface area contributed by atoms with Crippen molar-refractivity contribution in [3.63, 3.8) is 0 Å². The average molecular weight is 250 g/mol. The molecule has 2 aromatic rings. The molecule has 0 aliphatic heterocycles. The maximum Gasteiger partial charge on any atom is 0.145 e. The number of nitrogens with zero attached hydrogens (tertiary/aromatic N) is 3. The molecule has 7 heteroatoms. The second-order valence-electron chi connectivity index (χ2n) is 3.61. The van der Waals surface area contributed by atoms with E-state index in [0.717, 1.165) is 5.01 Å². The number of aryl methyl sites for hydroxylation is 1. The van der Waals surface area contributed by atoms with Crippen LogP contribution in [0.1, 0.15) is 22.9 Å². The van der Waals surface area contributed by atoms with Crippen LogP contribution in [-0.4, -0.2) is 15.0 Å². The lowest BCUT2D eigenvalue weighted by molar-refractivity contribution is 0.858. The molecule has 0 aliphatic carbocycles. The van der Waals surface area contributed by atoms with Gasteiger partial charge in [-0.25, -0.2) is 20.8 Å². The fraction of sp³-hybridized carbons (Fsp3) is 0.300. The largest absolute Gasteiger partial charge is 0.361 e. The molecule has 0 amide bonds. The van der Waals surface area contributed by atoms with Crippen LogP contribution in [0.25, 0.3) is 0 Å². The quantitative estimate of drug-likeness (QED) is 0.565. The second kappa shape index (κ2) is 5.07. The second-order valence-corrected chi connectivity index (χ2v) is 4.87. The first kappa shape index (κ1) is 11.7. The van der Waals surface area contributed by atoms with Gasteiger partial charge in [0.1, 0.15) is 23.0 Å². The zero-order valence-electron chi connectivity index (χ0n) is 9.64. The number of nitrogens with two attached hydrogens (primary N) is 1. The molecule has 0 spiro atoms. The monoisotopic (exact) mass is 250 g/mol. The van der Waals surface area contributed by atoms with E-state index in [2.05, 4.69) is 25.7 Å². The summed E-state index contributed by atoms with van der Waals surface area (Å²) in [6.45, 7) is 4.07. The maximum absolute atomic E-state index is 5.29. The van der Waals surface area contributed by atoms with E-state index in [1.165, 1.54) is 11.2 Å². The van der Waals surface area contributed by atoms with Crippen molar-refractivity contribution in [3.8, 4) is 0 Å². The topological polar surface area (TPSA) is 88.8 Å². The Kier molecular flexibility index (Phi) is 3.50. The van der Waals surface area contributed by atoms with Crippen molar-refractivity contribution < 1.29 is 0 Å². The predicted molar refractivity (Wildman–Crippen MR) is 68.7 cm³/mol. The molecule has 1 unspecified atom stereocenters. The summed E-state index contributed by atoms with van der Waals surface area (Å²) in [4.78, 5) is 13.6. The highest BCUT2D eigenvalue weighted by atomic mass is 32.1. The summed E-state index contributed by atoms with van der Waals surface area (Å²) >= 11 is 1.67. The number of rotatable bonds is 4. The maximum atomic E-state index is 5.29. The van der Waals surface area contributed by atoms with E-state index in [-0.39, 0.29) is 6.04 Å². The number of nitrogens with one attached hydrogen (secondary N) is 2. The third-order valence-corrected chi connectivity index (χ3v) is 3.28. The van der Waals surface area contributed by atoms with Gasteiger partial charge in [0, 0.05) is 17.1 Å². The van der Waals surface area contributed by atoms with Crippen molar-refractivity contribution in [3.05, 3.63) is 28.5 Å². The van der Waals surface area contributed by atoms with Crippen LogP contribution in [0, 0.1) is 6.92 Å². The molecule has 2 heterocycles. The van der Waals surface area contributed by atoms with Gasteiger partial charge in [-0.15, -0.1) is 11.3 Å². The summed E-state index contributed by atoms with van der Waals surface area (Å²) in [6.07, 6.45) is 3.32. The first-order chi connectivity index (χ1) is 8.19. The molecule has 17 heavy (non-hydrogen) atoms. The highest BCUT2D eigenvalue weighted by Gasteiger charge is 2.10. The summed E-state index contributed by atoms with van der Waals surface area (Å²) in [5.74, 6) is 6.58. The fourth-order valence-corrected chi connectivity index (χ4v) is 2.15. The van der Waals surface area contributed by atoms with Crippen molar-refractivity contribution >= 4 is 23.0 Å². The summed E-state index contributed by atoms with van der Waals surface area (Å²) in [7, 11) is 0. The lowest BCUT2D eigenvalue weighted by atomic mass is 10.3. The highest BCUT2D eigenvalue weighted by molar-refractivity contribution is 7.11. The number of anilines is 2. The minimum atomic E-state index is 0.106. The van der Waals surface area contributed by atoms with Gasteiger partial charge in [-0.05, 0) is 13.8 Å². The van der Waals surface area contributed by atoms with E-state index in [1.807, 2.05) is 20.0 Å². The van der Waals surface area contributed by atoms with Gasteiger partial charge < -0.3 is 10.7 Å². The van der Waals surface area contributed by atoms with Gasteiger partial charge in [0.25, 0.3) is 0 Å². The van der Waals surface area contributed by atoms with Crippen molar-refractivity contribution in [2.45, 2.75) is 19.9 Å². The van der Waals surface area contributed by atoms with Crippen molar-refractivity contribution in [2.75, 3.05) is 10.7 Å². The van der Waals surface area contributed by atoms with Gasteiger partial charge in [0.05, 0.1) is 6.04 Å². The standard InChI is InChI=1S/C10H14N6S/c1-6-4-12-10(17-6)7(2)15-8-3-9(16-11)14-5-13-8/h3-5,7H,11H2,1-2H3,(H2,13,14,15,16). The van der Waals surface area contributed by atoms with Crippen molar-refractivity contribution in [2.24, 2.45) is 5.84 Å². The lowest BCUT2D eigenvalue weighted by Gasteiger charge is -2.12. The summed E-state index contributed by atoms with van der Waals surface area (Å²) in [5, 5.41) is 4.28. The van der Waals surface area contributed by atoms with E-state index in [0.29, 0.717) is 11.6 Å². The Hall–Kier alpha value is -1.73. The van der Waals surface area contributed by atoms with Crippen LogP contribution in [0.4, 0.5) is 11.6 Å². The van der Waals surface area contributed by atoms with Crippen LogP contribution < -0.4 is 16.6 Å². The number of thiazole rings is 1. The molecule has 0 aliphatic rings. The minimum Gasteiger partial charge on any atom is -0.361 e. The van der Waals surface area contributed by atoms with Crippen LogP contribution in [-0.2, 0) is 0 Å². The molecule has 0 bridgehead atoms. The smallest absolute Gasteiger partial charge is 0.145 e. The van der Waals surface area contributed by atoms with Gasteiger partial charge in [-0.2, -0.15) is 0 Å². The van der Waals surface area contributed by atoms with Gasteiger partial charge in [-0.3, -0.25) is 0 Å². The van der Waals surface area contributed by atoms with E-state index >= 15 is 0 Å². The van der Waals surface area contributed by atoms with Crippen LogP contribution in [0.15, 0.2) is 18.6 Å². The van der Waals surface area contributed by atoms with E-state index in [4.69, 9.17) is 5.84 Å². The molecular weight excluding hydrogens is 236 g/mol. The normalized spacial score (nSPS) is 12.2. The minimum absolute atomic E-state index is 0.106. The third-order valence-electron chi connectivity index (χ3n) is 2.19. The number of hydrogen-bond acceptors (Lipinski definition) is 7. The first-order valence-electron chi connectivity index (χ1n) is 5.16. The molecular formula is C10H14N6S. The van der Waals surface area contributed by atoms with Crippen molar-refractivity contribution in [1.29, 1.82) is 0 Å². The Balaban J connectivity index is 2.09. The summed E-state index contributed by atoms with van der Waals surface area (Å²) in [6, 6.07) is 1.85. The van der Waals surface area contributed by atoms with Crippen molar-refractivity contribution in [1.82, 2.24) is 15.0 Å². The Morgan fingerprint density at radius 3 is 2.71 bits per heavy atom. The molecule has 2 rings (SSSR count). The number of nitrogen functional groups attached to an aromatic ring is 1. The molecule has 6 nitrogen and oxygen atoms in total. The Morgan fingerprint density at radius 2 is 2.06 bits per heavy atom. The molecule has 0 saturated heterocycles.